The number of halogens is 1. The summed E-state index contributed by atoms with van der Waals surface area (Å²) in [5.41, 5.74) is 0. The smallest absolute Gasteiger partial charge is 0.0676 e. The van der Waals surface area contributed by atoms with Crippen LogP contribution in [0.15, 0.2) is 0 Å². The highest BCUT2D eigenvalue weighted by atomic mass is 35.5. The lowest BCUT2D eigenvalue weighted by molar-refractivity contribution is 0.196. The average Bonchev–Trinajstić information content (AvgIpc) is 1.86. The van der Waals surface area contributed by atoms with E-state index in [1.807, 2.05) is 0 Å². The first kappa shape index (κ1) is 7.21. The summed E-state index contributed by atoms with van der Waals surface area (Å²) in [6.07, 6.45) is 0.866. The Morgan fingerprint density at radius 2 is 2.29 bits per heavy atom. The van der Waals surface area contributed by atoms with Gasteiger partial charge in [-0.2, -0.15) is 0 Å². The van der Waals surface area contributed by atoms with Crippen molar-refractivity contribution in [1.82, 2.24) is 5.32 Å². The Hall–Kier alpha value is 0.210. The van der Waals surface area contributed by atoms with Crippen LogP contribution in [-0.4, -0.2) is 24.3 Å². The summed E-state index contributed by atoms with van der Waals surface area (Å²) in [7, 11) is 0. The summed E-state index contributed by atoms with van der Waals surface area (Å²) < 4.78 is 0. The maximum Gasteiger partial charge on any atom is 0.0676 e. The highest BCUT2D eigenvalue weighted by Gasteiger charge is 2.08. The molecule has 7 heavy (non-hydrogen) atoms. The molecule has 0 spiro atoms. The van der Waals surface area contributed by atoms with Crippen LogP contribution in [-0.2, 0) is 0 Å². The monoisotopic (exact) mass is 123 g/mol. The zero-order valence-electron chi connectivity index (χ0n) is 4.05. The molecule has 1 rings (SSSR count). The second kappa shape index (κ2) is 3.24. The van der Waals surface area contributed by atoms with E-state index in [2.05, 4.69) is 5.32 Å². The minimum atomic E-state index is -0.0648. The molecule has 1 fully saturated rings. The molecule has 0 aromatic rings. The van der Waals surface area contributed by atoms with Crippen LogP contribution < -0.4 is 5.32 Å². The summed E-state index contributed by atoms with van der Waals surface area (Å²) >= 11 is 0. The molecule has 1 atom stereocenters. The summed E-state index contributed by atoms with van der Waals surface area (Å²) in [6.45, 7) is 1.78. The van der Waals surface area contributed by atoms with Crippen molar-refractivity contribution in [3.8, 4) is 0 Å². The average molecular weight is 124 g/mol. The van der Waals surface area contributed by atoms with Gasteiger partial charge in [0.1, 0.15) is 0 Å². The van der Waals surface area contributed by atoms with Gasteiger partial charge >= 0.3 is 0 Å². The Morgan fingerprint density at radius 3 is 2.43 bits per heavy atom. The van der Waals surface area contributed by atoms with Gasteiger partial charge in [0.2, 0.25) is 0 Å². The number of β-amino-alcohol motifs (C(OH)–C–C–N with tert-alkyl or cyclic N) is 1. The van der Waals surface area contributed by atoms with E-state index >= 15 is 0 Å². The topological polar surface area (TPSA) is 32.3 Å². The van der Waals surface area contributed by atoms with Gasteiger partial charge < -0.3 is 10.4 Å². The molecule has 44 valence electrons. The molecule has 2 nitrogen and oxygen atoms in total. The summed E-state index contributed by atoms with van der Waals surface area (Å²) in [5.74, 6) is 0. The van der Waals surface area contributed by atoms with Crippen LogP contribution in [0.5, 0.6) is 0 Å². The molecule has 0 aromatic carbocycles. The Kier molecular flexibility index (Phi) is 3.34. The molecule has 0 aromatic heterocycles. The van der Waals surface area contributed by atoms with Gasteiger partial charge in [-0.15, -0.1) is 12.4 Å². The molecule has 0 saturated carbocycles. The second-order valence-electron chi connectivity index (χ2n) is 1.65. The van der Waals surface area contributed by atoms with E-state index in [0.717, 1.165) is 19.5 Å². The Morgan fingerprint density at radius 1 is 1.57 bits per heavy atom. The predicted octanol–water partition coefficient (Wildman–Crippen LogP) is -0.238. The summed E-state index contributed by atoms with van der Waals surface area (Å²) in [5, 5.41) is 11.7. The van der Waals surface area contributed by atoms with Crippen molar-refractivity contribution in [3.63, 3.8) is 0 Å². The fourth-order valence-corrected chi connectivity index (χ4v) is 0.639. The second-order valence-corrected chi connectivity index (χ2v) is 1.65. The number of aliphatic hydroxyl groups excluding tert-OH is 1. The number of nitrogens with one attached hydrogen (secondary N) is 1. The van der Waals surface area contributed by atoms with E-state index < -0.39 is 0 Å². The fourth-order valence-electron chi connectivity index (χ4n) is 0.639. The van der Waals surface area contributed by atoms with Crippen LogP contribution in [0, 0.1) is 0 Å². The third-order valence-corrected chi connectivity index (χ3v) is 1.03. The minimum Gasteiger partial charge on any atom is -0.392 e. The van der Waals surface area contributed by atoms with Gasteiger partial charge in [-0.05, 0) is 13.0 Å². The van der Waals surface area contributed by atoms with E-state index in [4.69, 9.17) is 5.11 Å². The largest absolute Gasteiger partial charge is 0.392 e. The molecule has 1 saturated heterocycles. The van der Waals surface area contributed by atoms with Crippen molar-refractivity contribution in [2.24, 2.45) is 0 Å². The van der Waals surface area contributed by atoms with E-state index in [0.29, 0.717) is 0 Å². The third kappa shape index (κ3) is 2.12. The van der Waals surface area contributed by atoms with E-state index in [1.165, 1.54) is 0 Å². The van der Waals surface area contributed by atoms with Crippen molar-refractivity contribution >= 4 is 12.4 Å². The van der Waals surface area contributed by atoms with Gasteiger partial charge in [-0.25, -0.2) is 0 Å². The van der Waals surface area contributed by atoms with Crippen molar-refractivity contribution in [2.75, 3.05) is 13.1 Å². The van der Waals surface area contributed by atoms with Crippen LogP contribution in [0.3, 0.4) is 0 Å². The maximum atomic E-state index is 8.67. The summed E-state index contributed by atoms with van der Waals surface area (Å²) in [4.78, 5) is 0. The van der Waals surface area contributed by atoms with E-state index in [1.54, 1.807) is 0 Å². The third-order valence-electron chi connectivity index (χ3n) is 1.03. The van der Waals surface area contributed by atoms with Crippen molar-refractivity contribution in [2.45, 2.75) is 12.5 Å². The normalized spacial score (nSPS) is 29.6. The number of hydrogen-bond acceptors (Lipinski definition) is 2. The molecular formula is C4H10ClNO. The zero-order chi connectivity index (χ0) is 4.41. The van der Waals surface area contributed by atoms with Crippen molar-refractivity contribution in [1.29, 1.82) is 0 Å². The van der Waals surface area contributed by atoms with Crippen molar-refractivity contribution < 1.29 is 5.11 Å². The molecule has 0 unspecified atom stereocenters. The standard InChI is InChI=1S/C4H9NO.ClH/c6-4-1-2-5-3-4;/h4-6H,1-3H2;1H/t4-;/m1./s1. The molecule has 3 heteroatoms. The molecule has 1 aliphatic rings. The van der Waals surface area contributed by atoms with Crippen LogP contribution in [0.2, 0.25) is 0 Å². The predicted molar refractivity (Wildman–Crippen MR) is 30.7 cm³/mol. The quantitative estimate of drug-likeness (QED) is 0.466. The van der Waals surface area contributed by atoms with Gasteiger partial charge in [0, 0.05) is 6.54 Å². The SMILES string of the molecule is Cl.O[C@@H]1CCNC1. The van der Waals surface area contributed by atoms with E-state index in [9.17, 15) is 0 Å². The highest BCUT2D eigenvalue weighted by molar-refractivity contribution is 5.85. The molecule has 1 heterocycles. The maximum absolute atomic E-state index is 8.67. The Labute approximate surface area is 49.3 Å². The van der Waals surface area contributed by atoms with Gasteiger partial charge in [0.05, 0.1) is 6.10 Å². The number of rotatable bonds is 0. The molecule has 0 amide bonds. The minimum absolute atomic E-state index is 0. The fraction of sp³-hybridized carbons (Fsp3) is 1.00. The van der Waals surface area contributed by atoms with Crippen LogP contribution in [0.1, 0.15) is 6.42 Å². The number of hydrogen-bond donors (Lipinski definition) is 2. The molecule has 0 bridgehead atoms. The van der Waals surface area contributed by atoms with Gasteiger partial charge in [0.15, 0.2) is 0 Å². The first-order valence-electron chi connectivity index (χ1n) is 2.28. The zero-order valence-corrected chi connectivity index (χ0v) is 4.87. The molecule has 2 N–H and O–H groups in total. The Bertz CT molecular complexity index is 45.0. The summed E-state index contributed by atoms with van der Waals surface area (Å²) in [6, 6.07) is 0. The lowest BCUT2D eigenvalue weighted by Gasteiger charge is -1.90. The van der Waals surface area contributed by atoms with Crippen LogP contribution in [0.4, 0.5) is 0 Å². The molecule has 0 aliphatic carbocycles. The first-order chi connectivity index (χ1) is 2.89. The van der Waals surface area contributed by atoms with Gasteiger partial charge in [-0.1, -0.05) is 0 Å². The lowest BCUT2D eigenvalue weighted by Crippen LogP contribution is -2.11. The number of aliphatic hydroxyl groups is 1. The molecule has 1 aliphatic heterocycles. The van der Waals surface area contributed by atoms with Crippen LogP contribution >= 0.6 is 12.4 Å². The first-order valence-corrected chi connectivity index (χ1v) is 2.28. The van der Waals surface area contributed by atoms with Crippen LogP contribution in [0.25, 0.3) is 0 Å². The van der Waals surface area contributed by atoms with E-state index in [-0.39, 0.29) is 18.5 Å². The lowest BCUT2D eigenvalue weighted by atomic mass is 10.3. The molecule has 0 radical (unpaired) electrons. The highest BCUT2D eigenvalue weighted by Crippen LogP contribution is 1.93. The van der Waals surface area contributed by atoms with Gasteiger partial charge in [0.25, 0.3) is 0 Å². The van der Waals surface area contributed by atoms with Gasteiger partial charge in [-0.3, -0.25) is 0 Å². The Balaban J connectivity index is 0.000000360. The molecular weight excluding hydrogens is 114 g/mol. The van der Waals surface area contributed by atoms with Crippen molar-refractivity contribution in [3.05, 3.63) is 0 Å².